The first-order chi connectivity index (χ1) is 7.26. The molecule has 1 aromatic heterocycles. The lowest BCUT2D eigenvalue weighted by atomic mass is 10.3. The number of nitrogens with one attached hydrogen (secondary N) is 2. The van der Waals surface area contributed by atoms with Crippen molar-refractivity contribution in [1.29, 1.82) is 0 Å². The number of hydrogen-bond donors (Lipinski definition) is 3. The van der Waals surface area contributed by atoms with E-state index in [9.17, 15) is 4.79 Å². The Bertz CT molecular complexity index is 328. The Kier molecular flexibility index (Phi) is 4.49. The van der Waals surface area contributed by atoms with E-state index in [4.69, 9.17) is 5.84 Å². The molecule has 0 saturated heterocycles. The third-order valence-corrected chi connectivity index (χ3v) is 1.78. The highest BCUT2D eigenvalue weighted by molar-refractivity contribution is 5.77. The van der Waals surface area contributed by atoms with Gasteiger partial charge in [0.15, 0.2) is 0 Å². The van der Waals surface area contributed by atoms with Crippen molar-refractivity contribution in [3.63, 3.8) is 0 Å². The largest absolute Gasteiger partial charge is 0.370 e. The lowest BCUT2D eigenvalue weighted by molar-refractivity contribution is -0.120. The lowest BCUT2D eigenvalue weighted by Crippen LogP contribution is -2.31. The van der Waals surface area contributed by atoms with Crippen LogP contribution in [0.5, 0.6) is 0 Å². The van der Waals surface area contributed by atoms with E-state index in [1.165, 1.54) is 6.33 Å². The lowest BCUT2D eigenvalue weighted by Gasteiger charge is -2.04. The zero-order valence-corrected chi connectivity index (χ0v) is 8.66. The quantitative estimate of drug-likeness (QED) is 0.356. The van der Waals surface area contributed by atoms with Gasteiger partial charge in [0.2, 0.25) is 5.91 Å². The van der Waals surface area contributed by atoms with Gasteiger partial charge in [0.25, 0.3) is 0 Å². The van der Waals surface area contributed by atoms with Gasteiger partial charge in [0, 0.05) is 12.6 Å². The van der Waals surface area contributed by atoms with Crippen molar-refractivity contribution >= 4 is 11.7 Å². The van der Waals surface area contributed by atoms with Gasteiger partial charge >= 0.3 is 0 Å². The number of amides is 1. The Morgan fingerprint density at radius 2 is 2.33 bits per heavy atom. The molecule has 6 nitrogen and oxygen atoms in total. The first kappa shape index (κ1) is 11.4. The molecule has 6 heteroatoms. The number of rotatable bonds is 5. The minimum Gasteiger partial charge on any atom is -0.370 e. The summed E-state index contributed by atoms with van der Waals surface area (Å²) in [7, 11) is 0. The summed E-state index contributed by atoms with van der Waals surface area (Å²) in [5.74, 6) is 5.44. The summed E-state index contributed by atoms with van der Waals surface area (Å²) in [5, 5.41) is 3.11. The summed E-state index contributed by atoms with van der Waals surface area (Å²) in [6.07, 6.45) is 2.61. The van der Waals surface area contributed by atoms with Gasteiger partial charge < -0.3 is 5.32 Å². The van der Waals surface area contributed by atoms with E-state index in [1.54, 1.807) is 6.07 Å². The molecule has 4 N–H and O–H groups in total. The Labute approximate surface area is 88.3 Å². The van der Waals surface area contributed by atoms with Crippen molar-refractivity contribution in [2.75, 3.05) is 11.9 Å². The van der Waals surface area contributed by atoms with E-state index >= 15 is 0 Å². The van der Waals surface area contributed by atoms with Gasteiger partial charge in [0.05, 0.1) is 12.1 Å². The van der Waals surface area contributed by atoms with Crippen LogP contribution in [0, 0.1) is 0 Å². The van der Waals surface area contributed by atoms with E-state index in [0.29, 0.717) is 5.69 Å². The van der Waals surface area contributed by atoms with Crippen molar-refractivity contribution in [2.45, 2.75) is 19.8 Å². The van der Waals surface area contributed by atoms with Crippen LogP contribution in [0.2, 0.25) is 0 Å². The summed E-state index contributed by atoms with van der Waals surface area (Å²) < 4.78 is 0. The van der Waals surface area contributed by atoms with Crippen LogP contribution in [-0.4, -0.2) is 22.4 Å². The minimum atomic E-state index is -0.268. The second kappa shape index (κ2) is 5.92. The molecule has 1 rings (SSSR count). The van der Waals surface area contributed by atoms with Crippen molar-refractivity contribution in [1.82, 2.24) is 15.4 Å². The third kappa shape index (κ3) is 3.90. The molecule has 1 heterocycles. The fraction of sp³-hybridized carbons (Fsp3) is 0.444. The molecule has 1 amide bonds. The third-order valence-electron chi connectivity index (χ3n) is 1.78. The van der Waals surface area contributed by atoms with Crippen LogP contribution in [0.1, 0.15) is 19.0 Å². The maximum Gasteiger partial charge on any atom is 0.239 e. The molecule has 0 spiro atoms. The summed E-state index contributed by atoms with van der Waals surface area (Å²) in [4.78, 5) is 19.0. The standard InChI is InChI=1S/C9H15N5O/c1-2-3-11-8-4-7(12-6-13-8)5-9(15)14-10/h4,6H,2-3,5,10H2,1H3,(H,14,15)(H,11,12,13). The van der Waals surface area contributed by atoms with E-state index in [1.807, 2.05) is 0 Å². The Morgan fingerprint density at radius 3 is 3.00 bits per heavy atom. The zero-order chi connectivity index (χ0) is 11.1. The molecule has 0 saturated carbocycles. The van der Waals surface area contributed by atoms with Gasteiger partial charge in [-0.3, -0.25) is 10.2 Å². The number of nitrogens with two attached hydrogens (primary N) is 1. The highest BCUT2D eigenvalue weighted by atomic mass is 16.2. The van der Waals surface area contributed by atoms with Gasteiger partial charge in [-0.1, -0.05) is 6.92 Å². The number of hydrazine groups is 1. The number of carbonyl (C=O) groups is 1. The second-order valence-corrected chi connectivity index (χ2v) is 3.07. The van der Waals surface area contributed by atoms with Crippen LogP contribution >= 0.6 is 0 Å². The molecule has 0 aliphatic heterocycles. The average Bonchev–Trinajstić information content (AvgIpc) is 2.26. The van der Waals surface area contributed by atoms with Crippen molar-refractivity contribution in [2.24, 2.45) is 5.84 Å². The van der Waals surface area contributed by atoms with Gasteiger partial charge in [-0.25, -0.2) is 15.8 Å². The fourth-order valence-corrected chi connectivity index (χ4v) is 1.06. The van der Waals surface area contributed by atoms with E-state index in [2.05, 4.69) is 27.6 Å². The van der Waals surface area contributed by atoms with Crippen LogP contribution in [0.4, 0.5) is 5.82 Å². The van der Waals surface area contributed by atoms with Crippen LogP contribution < -0.4 is 16.6 Å². The van der Waals surface area contributed by atoms with Gasteiger partial charge in [-0.05, 0) is 6.42 Å². The maximum atomic E-state index is 11.0. The highest BCUT2D eigenvalue weighted by Crippen LogP contribution is 2.04. The predicted octanol–water partition coefficient (Wildman–Crippen LogP) is -0.169. The molecule has 15 heavy (non-hydrogen) atoms. The number of hydrogen-bond acceptors (Lipinski definition) is 5. The van der Waals surface area contributed by atoms with E-state index in [0.717, 1.165) is 18.8 Å². The molecule has 0 unspecified atom stereocenters. The van der Waals surface area contributed by atoms with Crippen LogP contribution in [0.15, 0.2) is 12.4 Å². The predicted molar refractivity (Wildman–Crippen MR) is 56.8 cm³/mol. The number of carbonyl (C=O) groups excluding carboxylic acids is 1. The smallest absolute Gasteiger partial charge is 0.239 e. The van der Waals surface area contributed by atoms with E-state index < -0.39 is 0 Å². The number of nitrogens with zero attached hydrogens (tertiary/aromatic N) is 2. The molecule has 0 radical (unpaired) electrons. The molecule has 0 bridgehead atoms. The van der Waals surface area contributed by atoms with E-state index in [-0.39, 0.29) is 12.3 Å². The Balaban J connectivity index is 2.61. The SMILES string of the molecule is CCCNc1cc(CC(=O)NN)ncn1. The fourth-order valence-electron chi connectivity index (χ4n) is 1.06. The Hall–Kier alpha value is -1.69. The molecule has 0 aromatic carbocycles. The van der Waals surface area contributed by atoms with Crippen molar-refractivity contribution in [3.8, 4) is 0 Å². The summed E-state index contributed by atoms with van der Waals surface area (Å²) in [6, 6.07) is 1.74. The maximum absolute atomic E-state index is 11.0. The van der Waals surface area contributed by atoms with Crippen LogP contribution in [0.3, 0.4) is 0 Å². The minimum absolute atomic E-state index is 0.166. The first-order valence-corrected chi connectivity index (χ1v) is 4.80. The molecule has 0 fully saturated rings. The number of anilines is 1. The Morgan fingerprint density at radius 1 is 1.53 bits per heavy atom. The van der Waals surface area contributed by atoms with Crippen LogP contribution in [-0.2, 0) is 11.2 Å². The first-order valence-electron chi connectivity index (χ1n) is 4.80. The normalized spacial score (nSPS) is 9.73. The molecule has 82 valence electrons. The molecule has 1 aromatic rings. The molecular formula is C9H15N5O. The summed E-state index contributed by atoms with van der Waals surface area (Å²) in [5.41, 5.74) is 2.70. The topological polar surface area (TPSA) is 92.9 Å². The summed E-state index contributed by atoms with van der Waals surface area (Å²) >= 11 is 0. The van der Waals surface area contributed by atoms with Gasteiger partial charge in [-0.15, -0.1) is 0 Å². The average molecular weight is 209 g/mol. The molecular weight excluding hydrogens is 194 g/mol. The highest BCUT2D eigenvalue weighted by Gasteiger charge is 2.03. The molecule has 0 aliphatic carbocycles. The monoisotopic (exact) mass is 209 g/mol. The van der Waals surface area contributed by atoms with Gasteiger partial charge in [0.1, 0.15) is 12.1 Å². The second-order valence-electron chi connectivity index (χ2n) is 3.07. The molecule has 0 atom stereocenters. The van der Waals surface area contributed by atoms with Crippen molar-refractivity contribution < 1.29 is 4.79 Å². The van der Waals surface area contributed by atoms with Gasteiger partial charge in [-0.2, -0.15) is 0 Å². The summed E-state index contributed by atoms with van der Waals surface area (Å²) in [6.45, 7) is 2.91. The molecule has 0 aliphatic rings. The van der Waals surface area contributed by atoms with Crippen LogP contribution in [0.25, 0.3) is 0 Å². The van der Waals surface area contributed by atoms with Crippen molar-refractivity contribution in [3.05, 3.63) is 18.1 Å². The zero-order valence-electron chi connectivity index (χ0n) is 8.66. The number of aromatic nitrogens is 2.